The lowest BCUT2D eigenvalue weighted by Crippen LogP contribution is -2.00. The second-order valence-corrected chi connectivity index (χ2v) is 6.70. The quantitative estimate of drug-likeness (QED) is 0.504. The fourth-order valence-electron chi connectivity index (χ4n) is 2.93. The molecule has 0 aliphatic heterocycles. The van der Waals surface area contributed by atoms with Crippen LogP contribution in [0, 0.1) is 0 Å². The van der Waals surface area contributed by atoms with Gasteiger partial charge in [-0.3, -0.25) is 4.79 Å². The van der Waals surface area contributed by atoms with Gasteiger partial charge < -0.3 is 19.3 Å². The van der Waals surface area contributed by atoms with Gasteiger partial charge in [-0.05, 0) is 60.5 Å². The van der Waals surface area contributed by atoms with Gasteiger partial charge in [0.05, 0.1) is 25.2 Å². The van der Waals surface area contributed by atoms with E-state index in [1.807, 2.05) is 43.3 Å². The van der Waals surface area contributed by atoms with Crippen molar-refractivity contribution < 1.29 is 24.1 Å². The van der Waals surface area contributed by atoms with Crippen molar-refractivity contribution in [2.24, 2.45) is 0 Å². The summed E-state index contributed by atoms with van der Waals surface area (Å²) in [4.78, 5) is 11.0. The highest BCUT2D eigenvalue weighted by Crippen LogP contribution is 2.34. The minimum absolute atomic E-state index is 0.116. The topological polar surface area (TPSA) is 65.0 Å². The van der Waals surface area contributed by atoms with Crippen LogP contribution in [-0.2, 0) is 11.2 Å². The predicted molar refractivity (Wildman–Crippen MR) is 112 cm³/mol. The van der Waals surface area contributed by atoms with Crippen LogP contribution in [0.4, 0.5) is 0 Å². The third kappa shape index (κ3) is 5.42. The Kier molecular flexibility index (Phi) is 6.62. The molecule has 6 heteroatoms. The molecule has 5 nitrogen and oxygen atoms in total. The molecule has 3 aromatic carbocycles. The Morgan fingerprint density at radius 2 is 1.76 bits per heavy atom. The Hall–Kier alpha value is -3.18. The molecular weight excluding hydrogens is 392 g/mol. The average Bonchev–Trinajstić information content (AvgIpc) is 2.68. The van der Waals surface area contributed by atoms with Crippen LogP contribution in [0.3, 0.4) is 0 Å². The molecule has 0 amide bonds. The van der Waals surface area contributed by atoms with E-state index in [1.165, 1.54) is 7.11 Å². The van der Waals surface area contributed by atoms with Gasteiger partial charge in [0, 0.05) is 11.6 Å². The number of carboxylic acid groups (broad SMARTS) is 1. The van der Waals surface area contributed by atoms with E-state index in [-0.39, 0.29) is 6.42 Å². The second kappa shape index (κ2) is 9.34. The largest absolute Gasteiger partial charge is 0.497 e. The molecule has 3 rings (SSSR count). The summed E-state index contributed by atoms with van der Waals surface area (Å²) in [5, 5.41) is 9.63. The zero-order valence-corrected chi connectivity index (χ0v) is 16.9. The molecule has 29 heavy (non-hydrogen) atoms. The van der Waals surface area contributed by atoms with Crippen molar-refractivity contribution in [3.8, 4) is 34.1 Å². The van der Waals surface area contributed by atoms with Crippen molar-refractivity contribution in [1.29, 1.82) is 0 Å². The molecule has 0 aliphatic carbocycles. The number of halogens is 1. The van der Waals surface area contributed by atoms with Gasteiger partial charge in [-0.1, -0.05) is 23.7 Å². The van der Waals surface area contributed by atoms with Gasteiger partial charge >= 0.3 is 5.97 Å². The molecule has 0 spiro atoms. The van der Waals surface area contributed by atoms with Crippen molar-refractivity contribution in [2.45, 2.75) is 13.3 Å². The second-order valence-electron chi connectivity index (χ2n) is 6.29. The van der Waals surface area contributed by atoms with E-state index in [2.05, 4.69) is 0 Å². The van der Waals surface area contributed by atoms with E-state index >= 15 is 0 Å². The number of carboxylic acids is 1. The summed E-state index contributed by atoms with van der Waals surface area (Å²) in [5.41, 5.74) is 2.35. The van der Waals surface area contributed by atoms with Crippen molar-refractivity contribution in [2.75, 3.05) is 13.7 Å². The molecule has 0 saturated heterocycles. The Bertz CT molecular complexity index is 1020. The van der Waals surface area contributed by atoms with Gasteiger partial charge in [0.25, 0.3) is 0 Å². The van der Waals surface area contributed by atoms with E-state index in [0.717, 1.165) is 16.9 Å². The van der Waals surface area contributed by atoms with Crippen LogP contribution in [-0.4, -0.2) is 24.8 Å². The summed E-state index contributed by atoms with van der Waals surface area (Å²) >= 11 is 6.43. The lowest BCUT2D eigenvalue weighted by atomic mass is 10.1. The lowest BCUT2D eigenvalue weighted by Gasteiger charge is -2.12. The number of ether oxygens (including phenoxy) is 3. The predicted octanol–water partition coefficient (Wildman–Crippen LogP) is 5.83. The number of carbonyl (C=O) groups is 1. The maximum Gasteiger partial charge on any atom is 0.307 e. The van der Waals surface area contributed by atoms with E-state index in [9.17, 15) is 4.79 Å². The molecule has 0 atom stereocenters. The van der Waals surface area contributed by atoms with E-state index in [4.69, 9.17) is 30.9 Å². The molecule has 0 fully saturated rings. The summed E-state index contributed by atoms with van der Waals surface area (Å²) < 4.78 is 16.7. The van der Waals surface area contributed by atoms with E-state index < -0.39 is 5.97 Å². The summed E-state index contributed by atoms with van der Waals surface area (Å²) in [6.07, 6.45) is -0.116. The highest BCUT2D eigenvalue weighted by molar-refractivity contribution is 6.33. The Labute approximate surface area is 174 Å². The molecule has 0 unspecified atom stereocenters. The fourth-order valence-corrected chi connectivity index (χ4v) is 3.21. The SMILES string of the molecule is CCOc1ccc(-c2cccc(Oc3cc(CC(=O)O)cc(OC)c3)c2)c(Cl)c1. The molecule has 0 heterocycles. The van der Waals surface area contributed by atoms with Crippen LogP contribution in [0.2, 0.25) is 5.02 Å². The monoisotopic (exact) mass is 412 g/mol. The molecule has 0 saturated carbocycles. The Morgan fingerprint density at radius 3 is 2.45 bits per heavy atom. The maximum atomic E-state index is 11.0. The summed E-state index contributed by atoms with van der Waals surface area (Å²) in [5.74, 6) is 1.43. The minimum atomic E-state index is -0.920. The number of hydrogen-bond acceptors (Lipinski definition) is 4. The van der Waals surface area contributed by atoms with Gasteiger partial charge in [-0.2, -0.15) is 0 Å². The van der Waals surface area contributed by atoms with Gasteiger partial charge in [-0.25, -0.2) is 0 Å². The first-order valence-corrected chi connectivity index (χ1v) is 9.46. The lowest BCUT2D eigenvalue weighted by molar-refractivity contribution is -0.136. The zero-order valence-electron chi connectivity index (χ0n) is 16.1. The normalized spacial score (nSPS) is 10.4. The van der Waals surface area contributed by atoms with Crippen LogP contribution in [0.15, 0.2) is 60.7 Å². The van der Waals surface area contributed by atoms with Crippen molar-refractivity contribution in [3.63, 3.8) is 0 Å². The first kappa shape index (κ1) is 20.6. The highest BCUT2D eigenvalue weighted by atomic mass is 35.5. The average molecular weight is 413 g/mol. The van der Waals surface area contributed by atoms with Gasteiger partial charge in [-0.15, -0.1) is 0 Å². The third-order valence-electron chi connectivity index (χ3n) is 4.16. The van der Waals surface area contributed by atoms with E-state index in [0.29, 0.717) is 34.4 Å². The van der Waals surface area contributed by atoms with Crippen molar-refractivity contribution >= 4 is 17.6 Å². The zero-order chi connectivity index (χ0) is 20.8. The maximum absolute atomic E-state index is 11.0. The molecule has 3 aromatic rings. The van der Waals surface area contributed by atoms with Gasteiger partial charge in [0.1, 0.15) is 23.0 Å². The first-order valence-electron chi connectivity index (χ1n) is 9.09. The first-order chi connectivity index (χ1) is 14.0. The molecule has 0 aliphatic rings. The Morgan fingerprint density at radius 1 is 0.966 bits per heavy atom. The van der Waals surface area contributed by atoms with Crippen LogP contribution in [0.1, 0.15) is 12.5 Å². The van der Waals surface area contributed by atoms with Crippen molar-refractivity contribution in [3.05, 3.63) is 71.2 Å². The Balaban J connectivity index is 1.88. The van der Waals surface area contributed by atoms with Gasteiger partial charge in [0.15, 0.2) is 0 Å². The molecule has 150 valence electrons. The number of benzene rings is 3. The van der Waals surface area contributed by atoms with E-state index in [1.54, 1.807) is 24.3 Å². The van der Waals surface area contributed by atoms with Gasteiger partial charge in [0.2, 0.25) is 0 Å². The van der Waals surface area contributed by atoms with Crippen LogP contribution in [0.5, 0.6) is 23.0 Å². The number of hydrogen-bond donors (Lipinski definition) is 1. The van der Waals surface area contributed by atoms with Crippen LogP contribution < -0.4 is 14.2 Å². The highest BCUT2D eigenvalue weighted by Gasteiger charge is 2.10. The minimum Gasteiger partial charge on any atom is -0.497 e. The van der Waals surface area contributed by atoms with Crippen LogP contribution in [0.25, 0.3) is 11.1 Å². The molecule has 0 bridgehead atoms. The van der Waals surface area contributed by atoms with Crippen LogP contribution >= 0.6 is 11.6 Å². The summed E-state index contributed by atoms with van der Waals surface area (Å²) in [7, 11) is 1.53. The number of rotatable bonds is 8. The molecule has 1 N–H and O–H groups in total. The fraction of sp³-hybridized carbons (Fsp3) is 0.174. The molecule has 0 radical (unpaired) electrons. The number of aliphatic carboxylic acids is 1. The van der Waals surface area contributed by atoms with Crippen molar-refractivity contribution in [1.82, 2.24) is 0 Å². The smallest absolute Gasteiger partial charge is 0.307 e. The third-order valence-corrected chi connectivity index (χ3v) is 4.48. The molecule has 0 aromatic heterocycles. The summed E-state index contributed by atoms with van der Waals surface area (Å²) in [6.45, 7) is 2.49. The standard InChI is InChI=1S/C23H21ClO5/c1-3-28-17-7-8-21(22(24)14-17)16-5-4-6-18(12-16)29-20-10-15(11-23(25)26)9-19(13-20)27-2/h4-10,12-14H,3,11H2,1-2H3,(H,25,26). The molecular formula is C23H21ClO5. The number of methoxy groups -OCH3 is 1. The summed E-state index contributed by atoms with van der Waals surface area (Å²) in [6, 6.07) is 18.1.